The molecule has 6 heteroatoms. The van der Waals surface area contributed by atoms with Crippen molar-refractivity contribution in [1.82, 2.24) is 10.6 Å². The number of amides is 2. The van der Waals surface area contributed by atoms with Crippen LogP contribution in [0.15, 0.2) is 24.3 Å². The molecule has 0 unspecified atom stereocenters. The summed E-state index contributed by atoms with van der Waals surface area (Å²) in [6.07, 6.45) is 9.19. The van der Waals surface area contributed by atoms with Crippen molar-refractivity contribution in [3.63, 3.8) is 0 Å². The third-order valence-electron chi connectivity index (χ3n) is 4.53. The lowest BCUT2D eigenvalue weighted by molar-refractivity contribution is 0.0948. The Morgan fingerprint density at radius 1 is 0.679 bits per heavy atom. The zero-order valence-corrected chi connectivity index (χ0v) is 18.6. The maximum Gasteiger partial charge on any atom is 0.261 e. The molecule has 0 aliphatic heterocycles. The van der Waals surface area contributed by atoms with Gasteiger partial charge < -0.3 is 10.6 Å². The third-order valence-corrected chi connectivity index (χ3v) is 6.90. The second-order valence-electron chi connectivity index (χ2n) is 6.96. The molecule has 154 valence electrons. The standard InChI is InChI=1S/C22H32N2O2S2/c1-3-5-7-9-15-23-21(25)19-13-11-17(27-19)18-12-14-20(28-18)22(26)24-16-10-8-6-4-2/h11-14H,3-10,15-16H2,1-2H3,(H,23,25)(H,24,26). The Bertz CT molecular complexity index is 674. The summed E-state index contributed by atoms with van der Waals surface area (Å²) in [6.45, 7) is 5.82. The molecular weight excluding hydrogens is 388 g/mol. The normalized spacial score (nSPS) is 10.8. The van der Waals surface area contributed by atoms with Crippen LogP contribution < -0.4 is 10.6 Å². The van der Waals surface area contributed by atoms with Crippen LogP contribution in [-0.4, -0.2) is 24.9 Å². The molecule has 0 saturated carbocycles. The summed E-state index contributed by atoms with van der Waals surface area (Å²) in [5, 5.41) is 5.99. The van der Waals surface area contributed by atoms with E-state index in [0.717, 1.165) is 58.3 Å². The van der Waals surface area contributed by atoms with Gasteiger partial charge in [0, 0.05) is 22.8 Å². The molecular formula is C22H32N2O2S2. The Labute approximate surface area is 176 Å². The van der Waals surface area contributed by atoms with Gasteiger partial charge in [-0.2, -0.15) is 0 Å². The average molecular weight is 421 g/mol. The molecule has 0 saturated heterocycles. The maximum atomic E-state index is 12.3. The number of nitrogens with one attached hydrogen (secondary N) is 2. The average Bonchev–Trinajstić information content (AvgIpc) is 3.37. The molecule has 4 nitrogen and oxygen atoms in total. The van der Waals surface area contributed by atoms with Crippen LogP contribution in [0.1, 0.15) is 84.6 Å². The van der Waals surface area contributed by atoms with Gasteiger partial charge in [0.05, 0.1) is 9.75 Å². The quantitative estimate of drug-likeness (QED) is 0.385. The van der Waals surface area contributed by atoms with Gasteiger partial charge in [-0.3, -0.25) is 9.59 Å². The fourth-order valence-electron chi connectivity index (χ4n) is 2.87. The minimum absolute atomic E-state index is 0.00523. The van der Waals surface area contributed by atoms with Crippen LogP contribution in [-0.2, 0) is 0 Å². The number of unbranched alkanes of at least 4 members (excludes halogenated alkanes) is 6. The molecule has 0 bridgehead atoms. The van der Waals surface area contributed by atoms with Crippen molar-refractivity contribution in [2.45, 2.75) is 65.2 Å². The van der Waals surface area contributed by atoms with E-state index in [4.69, 9.17) is 0 Å². The van der Waals surface area contributed by atoms with Crippen molar-refractivity contribution in [3.05, 3.63) is 34.0 Å². The van der Waals surface area contributed by atoms with E-state index in [1.807, 2.05) is 24.3 Å². The molecule has 0 atom stereocenters. The molecule has 2 aromatic heterocycles. The second kappa shape index (κ2) is 12.7. The van der Waals surface area contributed by atoms with Crippen molar-refractivity contribution in [3.8, 4) is 9.75 Å². The van der Waals surface area contributed by atoms with Crippen LogP contribution in [0.4, 0.5) is 0 Å². The van der Waals surface area contributed by atoms with Gasteiger partial charge in [-0.05, 0) is 37.1 Å². The number of thiophene rings is 2. The SMILES string of the molecule is CCCCCCNC(=O)c1ccc(-c2ccc(C(=O)NCCCCCC)s2)s1. The van der Waals surface area contributed by atoms with Gasteiger partial charge in [0.25, 0.3) is 11.8 Å². The Morgan fingerprint density at radius 3 is 1.50 bits per heavy atom. The summed E-state index contributed by atoms with van der Waals surface area (Å²) in [5.41, 5.74) is 0. The highest BCUT2D eigenvalue weighted by atomic mass is 32.1. The fraction of sp³-hybridized carbons (Fsp3) is 0.545. The first-order valence-electron chi connectivity index (χ1n) is 10.4. The van der Waals surface area contributed by atoms with Gasteiger partial charge in [-0.25, -0.2) is 0 Å². The van der Waals surface area contributed by atoms with E-state index in [1.54, 1.807) is 0 Å². The van der Waals surface area contributed by atoms with Crippen molar-refractivity contribution in [1.29, 1.82) is 0 Å². The molecule has 28 heavy (non-hydrogen) atoms. The molecule has 2 heterocycles. The highest BCUT2D eigenvalue weighted by molar-refractivity contribution is 7.23. The first kappa shape index (κ1) is 22.6. The van der Waals surface area contributed by atoms with Crippen LogP contribution in [0.3, 0.4) is 0 Å². The highest BCUT2D eigenvalue weighted by Gasteiger charge is 2.13. The van der Waals surface area contributed by atoms with E-state index in [2.05, 4.69) is 24.5 Å². The number of carbonyl (C=O) groups is 2. The predicted molar refractivity (Wildman–Crippen MR) is 121 cm³/mol. The Hall–Kier alpha value is -1.66. The minimum atomic E-state index is -0.00523. The molecule has 0 fully saturated rings. The molecule has 0 spiro atoms. The molecule has 2 aromatic rings. The second-order valence-corrected chi connectivity index (χ2v) is 9.13. The summed E-state index contributed by atoms with van der Waals surface area (Å²) >= 11 is 2.96. The molecule has 0 aliphatic carbocycles. The van der Waals surface area contributed by atoms with Crippen molar-refractivity contribution in [2.75, 3.05) is 13.1 Å². The third kappa shape index (κ3) is 7.40. The van der Waals surface area contributed by atoms with Gasteiger partial charge >= 0.3 is 0 Å². The zero-order valence-electron chi connectivity index (χ0n) is 17.0. The lowest BCUT2D eigenvalue weighted by Crippen LogP contribution is -2.23. The molecule has 0 aromatic carbocycles. The number of carbonyl (C=O) groups excluding carboxylic acids is 2. The van der Waals surface area contributed by atoms with E-state index in [1.165, 1.54) is 48.4 Å². The van der Waals surface area contributed by atoms with E-state index in [-0.39, 0.29) is 11.8 Å². The summed E-state index contributed by atoms with van der Waals surface area (Å²) in [6, 6.07) is 7.67. The number of hydrogen-bond acceptors (Lipinski definition) is 4. The Kier molecular flexibility index (Phi) is 10.3. The smallest absolute Gasteiger partial charge is 0.261 e. The monoisotopic (exact) mass is 420 g/mol. The van der Waals surface area contributed by atoms with E-state index in [9.17, 15) is 9.59 Å². The molecule has 2 amide bonds. The minimum Gasteiger partial charge on any atom is -0.351 e. The van der Waals surface area contributed by atoms with E-state index < -0.39 is 0 Å². The van der Waals surface area contributed by atoms with Gasteiger partial charge in [-0.1, -0.05) is 52.4 Å². The van der Waals surface area contributed by atoms with Crippen molar-refractivity contribution < 1.29 is 9.59 Å². The number of rotatable bonds is 13. The first-order chi connectivity index (χ1) is 13.7. The van der Waals surface area contributed by atoms with E-state index in [0.29, 0.717) is 0 Å². The lowest BCUT2D eigenvalue weighted by atomic mass is 10.2. The maximum absolute atomic E-state index is 12.3. The summed E-state index contributed by atoms with van der Waals surface area (Å²) in [5.74, 6) is -0.0105. The fourth-order valence-corrected chi connectivity index (χ4v) is 4.80. The number of hydrogen-bond donors (Lipinski definition) is 2. The Balaban J connectivity index is 1.83. The van der Waals surface area contributed by atoms with Crippen LogP contribution >= 0.6 is 22.7 Å². The predicted octanol–water partition coefficient (Wildman–Crippen LogP) is 6.10. The zero-order chi connectivity index (χ0) is 20.2. The van der Waals surface area contributed by atoms with Crippen molar-refractivity contribution in [2.24, 2.45) is 0 Å². The summed E-state index contributed by atoms with van der Waals surface area (Å²) in [7, 11) is 0. The van der Waals surface area contributed by atoms with Crippen LogP contribution in [0.5, 0.6) is 0 Å². The molecule has 0 aliphatic rings. The summed E-state index contributed by atoms with van der Waals surface area (Å²) < 4.78 is 0. The van der Waals surface area contributed by atoms with Crippen molar-refractivity contribution >= 4 is 34.5 Å². The van der Waals surface area contributed by atoms with Crippen LogP contribution in [0.25, 0.3) is 9.75 Å². The van der Waals surface area contributed by atoms with Crippen LogP contribution in [0.2, 0.25) is 0 Å². The van der Waals surface area contributed by atoms with Gasteiger partial charge in [0.2, 0.25) is 0 Å². The Morgan fingerprint density at radius 2 is 1.11 bits per heavy atom. The summed E-state index contributed by atoms with van der Waals surface area (Å²) in [4.78, 5) is 28.0. The molecule has 2 rings (SSSR count). The topological polar surface area (TPSA) is 58.2 Å². The van der Waals surface area contributed by atoms with E-state index >= 15 is 0 Å². The first-order valence-corrected chi connectivity index (χ1v) is 12.1. The largest absolute Gasteiger partial charge is 0.351 e. The lowest BCUT2D eigenvalue weighted by Gasteiger charge is -2.03. The van der Waals surface area contributed by atoms with Crippen LogP contribution in [0, 0.1) is 0 Å². The molecule has 0 radical (unpaired) electrons. The van der Waals surface area contributed by atoms with Gasteiger partial charge in [-0.15, -0.1) is 22.7 Å². The van der Waals surface area contributed by atoms with Gasteiger partial charge in [0.1, 0.15) is 0 Å². The van der Waals surface area contributed by atoms with Gasteiger partial charge in [0.15, 0.2) is 0 Å². The highest BCUT2D eigenvalue weighted by Crippen LogP contribution is 2.33. The molecule has 2 N–H and O–H groups in total.